The van der Waals surface area contributed by atoms with Crippen LogP contribution < -0.4 is 10.1 Å². The van der Waals surface area contributed by atoms with E-state index < -0.39 is 44.8 Å². The minimum absolute atomic E-state index is 0.0311. The highest BCUT2D eigenvalue weighted by molar-refractivity contribution is 7.91. The summed E-state index contributed by atoms with van der Waals surface area (Å²) in [6.07, 6.45) is 0. The lowest BCUT2D eigenvalue weighted by Crippen LogP contribution is -2.20. The predicted octanol–water partition coefficient (Wildman–Crippen LogP) is 3.79. The highest BCUT2D eigenvalue weighted by Gasteiger charge is 2.26. The Kier molecular flexibility index (Phi) is 7.38. The van der Waals surface area contributed by atoms with Gasteiger partial charge in [0, 0.05) is 5.69 Å². The van der Waals surface area contributed by atoms with Gasteiger partial charge in [0.2, 0.25) is 15.6 Å². The molecule has 1 heterocycles. The van der Waals surface area contributed by atoms with Gasteiger partial charge in [-0.05, 0) is 60.7 Å². The Morgan fingerprint density at radius 2 is 1.64 bits per heavy atom. The van der Waals surface area contributed by atoms with E-state index in [2.05, 4.69) is 5.32 Å². The van der Waals surface area contributed by atoms with Crippen molar-refractivity contribution in [2.45, 2.75) is 17.3 Å². The fraction of sp³-hybridized carbons (Fsp3) is 0.143. The van der Waals surface area contributed by atoms with Crippen molar-refractivity contribution in [2.75, 3.05) is 11.9 Å². The minimum atomic E-state index is -4.74. The van der Waals surface area contributed by atoms with Crippen LogP contribution in [0, 0.1) is 5.82 Å². The van der Waals surface area contributed by atoms with Gasteiger partial charge in [-0.15, -0.1) is 0 Å². The lowest BCUT2D eigenvalue weighted by atomic mass is 10.3. The van der Waals surface area contributed by atoms with E-state index in [1.54, 1.807) is 0 Å². The third kappa shape index (κ3) is 6.35. The number of anilines is 1. The summed E-state index contributed by atoms with van der Waals surface area (Å²) in [6.45, 7) is -0.714. The summed E-state index contributed by atoms with van der Waals surface area (Å²) in [5.41, 5.74) is 0.113. The molecule has 0 saturated heterocycles. The van der Waals surface area contributed by atoms with Crippen LogP contribution in [-0.4, -0.2) is 32.7 Å². The highest BCUT2D eigenvalue weighted by Crippen LogP contribution is 2.20. The summed E-state index contributed by atoms with van der Waals surface area (Å²) in [5, 5.41) is 2.33. The van der Waals surface area contributed by atoms with E-state index in [-0.39, 0.29) is 23.8 Å². The number of alkyl halides is 2. The maximum Gasteiger partial charge on any atom is 0.374 e. The quantitative estimate of drug-likeness (QED) is 0.461. The average Bonchev–Trinajstić information content (AvgIpc) is 3.26. The second-order valence-electron chi connectivity index (χ2n) is 6.46. The fourth-order valence-electron chi connectivity index (χ4n) is 2.48. The first-order valence-electron chi connectivity index (χ1n) is 9.21. The molecule has 12 heteroatoms. The van der Waals surface area contributed by atoms with Gasteiger partial charge in [-0.1, -0.05) is 0 Å². The number of furan rings is 1. The topological polar surface area (TPSA) is 112 Å². The number of sulfone groups is 1. The van der Waals surface area contributed by atoms with Gasteiger partial charge in [0.15, 0.2) is 6.61 Å². The maximum absolute atomic E-state index is 12.9. The molecule has 1 N–H and O–H groups in total. The van der Waals surface area contributed by atoms with E-state index in [9.17, 15) is 31.2 Å². The lowest BCUT2D eigenvalue weighted by Gasteiger charge is -2.07. The number of nitrogens with one attached hydrogen (secondary N) is 1. The molecule has 2 aromatic carbocycles. The number of carbonyl (C=O) groups excluding carboxylic acids is 2. The van der Waals surface area contributed by atoms with Crippen LogP contribution in [0.3, 0.4) is 0 Å². The van der Waals surface area contributed by atoms with Crippen molar-refractivity contribution in [3.63, 3.8) is 0 Å². The molecule has 1 amide bonds. The number of amides is 1. The Hall–Kier alpha value is -3.80. The van der Waals surface area contributed by atoms with Crippen LogP contribution in [0.1, 0.15) is 16.3 Å². The summed E-state index contributed by atoms with van der Waals surface area (Å²) in [4.78, 5) is 23.4. The summed E-state index contributed by atoms with van der Waals surface area (Å²) >= 11 is 0. The normalized spacial score (nSPS) is 11.3. The number of halogens is 3. The van der Waals surface area contributed by atoms with Crippen molar-refractivity contribution in [1.82, 2.24) is 0 Å². The third-order valence-corrected chi connectivity index (χ3v) is 5.49. The Bertz CT molecular complexity index is 1220. The number of carbonyl (C=O) groups is 2. The largest absolute Gasteiger partial charge is 0.486 e. The average molecular weight is 483 g/mol. The van der Waals surface area contributed by atoms with Gasteiger partial charge >= 0.3 is 11.7 Å². The molecule has 0 aliphatic heterocycles. The van der Waals surface area contributed by atoms with Crippen LogP contribution >= 0.6 is 0 Å². The molecule has 1 aromatic heterocycles. The van der Waals surface area contributed by atoms with Crippen LogP contribution in [0.2, 0.25) is 0 Å². The molecule has 0 saturated carbocycles. The van der Waals surface area contributed by atoms with Crippen LogP contribution in [0.4, 0.5) is 18.9 Å². The van der Waals surface area contributed by atoms with Crippen molar-refractivity contribution < 1.29 is 45.1 Å². The van der Waals surface area contributed by atoms with E-state index in [0.717, 1.165) is 24.3 Å². The molecule has 0 spiro atoms. The third-order valence-electron chi connectivity index (χ3n) is 4.09. The van der Waals surface area contributed by atoms with Crippen LogP contribution in [-0.2, 0) is 26.0 Å². The van der Waals surface area contributed by atoms with E-state index in [1.807, 2.05) is 0 Å². The van der Waals surface area contributed by atoms with E-state index in [4.69, 9.17) is 13.9 Å². The molecule has 33 heavy (non-hydrogen) atoms. The molecule has 8 nitrogen and oxygen atoms in total. The predicted molar refractivity (Wildman–Crippen MR) is 108 cm³/mol. The van der Waals surface area contributed by atoms with Gasteiger partial charge in [0.25, 0.3) is 5.91 Å². The zero-order valence-electron chi connectivity index (χ0n) is 16.7. The molecule has 0 aliphatic carbocycles. The standard InChI is InChI=1S/C21H16F3NO7S/c22-13-1-5-15(6-2-13)30-11-16-7-10-18(32-16)20(27)31-12-19(26)25-14-3-8-17(9-4-14)33(28,29)21(23)24/h1-10,21H,11-12H2,(H,25,26). The molecule has 0 radical (unpaired) electrons. The highest BCUT2D eigenvalue weighted by atomic mass is 32.2. The van der Waals surface area contributed by atoms with Crippen molar-refractivity contribution >= 4 is 27.4 Å². The number of ether oxygens (including phenoxy) is 2. The first kappa shape index (κ1) is 23.9. The molecule has 0 atom stereocenters. The SMILES string of the molecule is O=C(COC(=O)c1ccc(COc2ccc(F)cc2)o1)Nc1ccc(S(=O)(=O)C(F)F)cc1. The second kappa shape index (κ2) is 10.2. The summed E-state index contributed by atoms with van der Waals surface area (Å²) in [6, 6.07) is 12.2. The molecule has 3 aromatic rings. The Balaban J connectivity index is 1.47. The summed E-state index contributed by atoms with van der Waals surface area (Å²) in [5.74, 6) is -5.14. The molecule has 0 bridgehead atoms. The molecule has 3 rings (SSSR count). The van der Waals surface area contributed by atoms with Gasteiger partial charge < -0.3 is 19.2 Å². The Morgan fingerprint density at radius 1 is 0.970 bits per heavy atom. The number of hydrogen-bond donors (Lipinski definition) is 1. The van der Waals surface area contributed by atoms with Crippen molar-refractivity contribution in [1.29, 1.82) is 0 Å². The smallest absolute Gasteiger partial charge is 0.374 e. The monoisotopic (exact) mass is 483 g/mol. The molecule has 0 unspecified atom stereocenters. The van der Waals surface area contributed by atoms with Crippen molar-refractivity contribution in [3.05, 3.63) is 78.0 Å². The molecular formula is C21H16F3NO7S. The number of esters is 1. The zero-order chi connectivity index (χ0) is 24.0. The van der Waals surface area contributed by atoms with Crippen LogP contribution in [0.25, 0.3) is 0 Å². The molecule has 0 aliphatic rings. The van der Waals surface area contributed by atoms with E-state index >= 15 is 0 Å². The number of hydrogen-bond acceptors (Lipinski definition) is 7. The van der Waals surface area contributed by atoms with Gasteiger partial charge in [0.05, 0.1) is 4.90 Å². The minimum Gasteiger partial charge on any atom is -0.486 e. The second-order valence-corrected chi connectivity index (χ2v) is 8.38. The van der Waals surface area contributed by atoms with Gasteiger partial charge in [-0.2, -0.15) is 8.78 Å². The first-order valence-corrected chi connectivity index (χ1v) is 10.8. The first-order chi connectivity index (χ1) is 15.6. The van der Waals surface area contributed by atoms with E-state index in [0.29, 0.717) is 5.75 Å². The number of rotatable bonds is 9. The van der Waals surface area contributed by atoms with Gasteiger partial charge in [-0.25, -0.2) is 17.6 Å². The van der Waals surface area contributed by atoms with Gasteiger partial charge in [0.1, 0.15) is 23.9 Å². The lowest BCUT2D eigenvalue weighted by molar-refractivity contribution is -0.119. The summed E-state index contributed by atoms with van der Waals surface area (Å²) in [7, 11) is -4.74. The molecule has 0 fully saturated rings. The van der Waals surface area contributed by atoms with Crippen LogP contribution in [0.5, 0.6) is 5.75 Å². The zero-order valence-corrected chi connectivity index (χ0v) is 17.5. The van der Waals surface area contributed by atoms with Crippen molar-refractivity contribution in [2.24, 2.45) is 0 Å². The molecule has 174 valence electrons. The van der Waals surface area contributed by atoms with Crippen molar-refractivity contribution in [3.8, 4) is 5.75 Å². The molecular weight excluding hydrogens is 467 g/mol. The van der Waals surface area contributed by atoms with E-state index in [1.165, 1.54) is 36.4 Å². The Labute approximate surface area is 185 Å². The van der Waals surface area contributed by atoms with Crippen LogP contribution in [0.15, 0.2) is 70.0 Å². The fourth-order valence-corrected chi connectivity index (χ4v) is 3.20. The number of benzene rings is 2. The maximum atomic E-state index is 12.9. The van der Waals surface area contributed by atoms with Gasteiger partial charge in [-0.3, -0.25) is 4.79 Å². The Morgan fingerprint density at radius 3 is 2.27 bits per heavy atom. The summed E-state index contributed by atoms with van der Waals surface area (Å²) < 4.78 is 76.2.